The summed E-state index contributed by atoms with van der Waals surface area (Å²) in [6.07, 6.45) is 3.44. The van der Waals surface area contributed by atoms with Crippen LogP contribution in [0.15, 0.2) is 54.9 Å². The molecule has 0 spiro atoms. The zero-order valence-corrected chi connectivity index (χ0v) is 9.95. The molecule has 0 aliphatic heterocycles. The van der Waals surface area contributed by atoms with Gasteiger partial charge in [-0.1, -0.05) is 12.1 Å². The van der Waals surface area contributed by atoms with Crippen LogP contribution < -0.4 is 0 Å². The number of aromatic nitrogens is 2. The van der Waals surface area contributed by atoms with Gasteiger partial charge in [-0.25, -0.2) is 4.79 Å². The standard InChI is InChI=1S/C15H10N2O2/c18-15(19)11-5-3-10(4-6-11)14-12-2-1-8-16-13(12)7-9-17-14/h1-9H,(H,18,19). The first kappa shape index (κ1) is 11.3. The van der Waals surface area contributed by atoms with E-state index in [1.807, 2.05) is 18.2 Å². The van der Waals surface area contributed by atoms with E-state index in [1.54, 1.807) is 36.7 Å². The predicted octanol–water partition coefficient (Wildman–Crippen LogP) is 3.00. The smallest absolute Gasteiger partial charge is 0.335 e. The number of pyridine rings is 2. The van der Waals surface area contributed by atoms with E-state index in [1.165, 1.54) is 0 Å². The number of hydrogen-bond acceptors (Lipinski definition) is 3. The number of carbonyl (C=O) groups is 1. The molecule has 0 unspecified atom stereocenters. The van der Waals surface area contributed by atoms with E-state index in [0.29, 0.717) is 0 Å². The number of benzene rings is 1. The van der Waals surface area contributed by atoms with E-state index >= 15 is 0 Å². The number of nitrogens with zero attached hydrogens (tertiary/aromatic N) is 2. The summed E-state index contributed by atoms with van der Waals surface area (Å²) in [5.74, 6) is -0.931. The van der Waals surface area contributed by atoms with Crippen molar-refractivity contribution in [3.8, 4) is 11.3 Å². The molecule has 3 rings (SSSR count). The molecule has 2 aromatic heterocycles. The van der Waals surface area contributed by atoms with Gasteiger partial charge in [0.05, 0.1) is 16.8 Å². The molecule has 92 valence electrons. The Bertz CT molecular complexity index is 746. The van der Waals surface area contributed by atoms with Crippen LogP contribution >= 0.6 is 0 Å². The van der Waals surface area contributed by atoms with Gasteiger partial charge in [-0.3, -0.25) is 9.97 Å². The van der Waals surface area contributed by atoms with Gasteiger partial charge in [-0.15, -0.1) is 0 Å². The summed E-state index contributed by atoms with van der Waals surface area (Å²) >= 11 is 0. The lowest BCUT2D eigenvalue weighted by Crippen LogP contribution is -1.95. The van der Waals surface area contributed by atoms with Gasteiger partial charge < -0.3 is 5.11 Å². The fourth-order valence-electron chi connectivity index (χ4n) is 2.00. The maximum absolute atomic E-state index is 10.8. The third-order valence-corrected chi connectivity index (χ3v) is 2.93. The second-order valence-corrected chi connectivity index (χ2v) is 4.11. The van der Waals surface area contributed by atoms with Crippen LogP contribution in [0.3, 0.4) is 0 Å². The van der Waals surface area contributed by atoms with E-state index in [0.717, 1.165) is 22.2 Å². The van der Waals surface area contributed by atoms with Gasteiger partial charge in [0.25, 0.3) is 0 Å². The molecule has 0 amide bonds. The van der Waals surface area contributed by atoms with E-state index in [9.17, 15) is 4.79 Å². The van der Waals surface area contributed by atoms with Gasteiger partial charge in [0.1, 0.15) is 0 Å². The highest BCUT2D eigenvalue weighted by Gasteiger charge is 2.07. The van der Waals surface area contributed by atoms with Crippen molar-refractivity contribution in [1.29, 1.82) is 0 Å². The molecule has 1 N–H and O–H groups in total. The van der Waals surface area contributed by atoms with Gasteiger partial charge >= 0.3 is 5.97 Å². The maximum Gasteiger partial charge on any atom is 0.335 e. The van der Waals surface area contributed by atoms with E-state index in [-0.39, 0.29) is 5.56 Å². The molecule has 0 saturated heterocycles. The summed E-state index contributed by atoms with van der Waals surface area (Å²) in [6.45, 7) is 0. The molecular weight excluding hydrogens is 240 g/mol. The SMILES string of the molecule is O=C(O)c1ccc(-c2nccc3ncccc23)cc1. The van der Waals surface area contributed by atoms with E-state index < -0.39 is 5.97 Å². The number of hydrogen-bond donors (Lipinski definition) is 1. The van der Waals surface area contributed by atoms with Crippen LogP contribution in [0.5, 0.6) is 0 Å². The Morgan fingerprint density at radius 3 is 2.47 bits per heavy atom. The minimum Gasteiger partial charge on any atom is -0.478 e. The summed E-state index contributed by atoms with van der Waals surface area (Å²) in [7, 11) is 0. The Morgan fingerprint density at radius 2 is 1.74 bits per heavy atom. The van der Waals surface area contributed by atoms with Crippen molar-refractivity contribution >= 4 is 16.9 Å². The molecule has 4 nitrogen and oxygen atoms in total. The second-order valence-electron chi connectivity index (χ2n) is 4.11. The van der Waals surface area contributed by atoms with Crippen molar-refractivity contribution in [3.05, 3.63) is 60.4 Å². The molecule has 0 aliphatic rings. The fraction of sp³-hybridized carbons (Fsp3) is 0. The van der Waals surface area contributed by atoms with Crippen LogP contribution in [0.2, 0.25) is 0 Å². The zero-order chi connectivity index (χ0) is 13.2. The maximum atomic E-state index is 10.8. The first-order valence-electron chi connectivity index (χ1n) is 5.79. The highest BCUT2D eigenvalue weighted by molar-refractivity contribution is 5.93. The van der Waals surface area contributed by atoms with Crippen molar-refractivity contribution < 1.29 is 9.90 Å². The molecule has 2 heterocycles. The quantitative estimate of drug-likeness (QED) is 0.759. The Kier molecular flexibility index (Phi) is 2.68. The summed E-state index contributed by atoms with van der Waals surface area (Å²) in [5, 5.41) is 9.84. The first-order valence-corrected chi connectivity index (χ1v) is 5.79. The number of aromatic carboxylic acids is 1. The molecular formula is C15H10N2O2. The summed E-state index contributed by atoms with van der Waals surface area (Å²) in [4.78, 5) is 19.5. The Morgan fingerprint density at radius 1 is 0.947 bits per heavy atom. The minimum absolute atomic E-state index is 0.266. The van der Waals surface area contributed by atoms with E-state index in [2.05, 4.69) is 9.97 Å². The monoisotopic (exact) mass is 250 g/mol. The Hall–Kier alpha value is -2.75. The molecule has 0 aliphatic carbocycles. The van der Waals surface area contributed by atoms with Crippen LogP contribution in [0.4, 0.5) is 0 Å². The Labute approximate surface area is 109 Å². The molecule has 0 radical (unpaired) electrons. The summed E-state index contributed by atoms with van der Waals surface area (Å²) < 4.78 is 0. The van der Waals surface area contributed by atoms with Crippen molar-refractivity contribution in [2.45, 2.75) is 0 Å². The lowest BCUT2D eigenvalue weighted by Gasteiger charge is -2.05. The molecule has 19 heavy (non-hydrogen) atoms. The van der Waals surface area contributed by atoms with Crippen LogP contribution in [0.25, 0.3) is 22.2 Å². The van der Waals surface area contributed by atoms with Crippen molar-refractivity contribution in [3.63, 3.8) is 0 Å². The highest BCUT2D eigenvalue weighted by atomic mass is 16.4. The van der Waals surface area contributed by atoms with Crippen molar-refractivity contribution in [2.75, 3.05) is 0 Å². The normalized spacial score (nSPS) is 10.5. The highest BCUT2D eigenvalue weighted by Crippen LogP contribution is 2.25. The zero-order valence-electron chi connectivity index (χ0n) is 9.95. The largest absolute Gasteiger partial charge is 0.478 e. The first-order chi connectivity index (χ1) is 9.25. The molecule has 0 bridgehead atoms. The second kappa shape index (κ2) is 4.49. The molecule has 3 aromatic rings. The summed E-state index contributed by atoms with van der Waals surface area (Å²) in [6, 6.07) is 12.3. The lowest BCUT2D eigenvalue weighted by molar-refractivity contribution is 0.0697. The number of rotatable bonds is 2. The van der Waals surface area contributed by atoms with Gasteiger partial charge in [0.2, 0.25) is 0 Å². The topological polar surface area (TPSA) is 63.1 Å². The Balaban J connectivity index is 2.16. The molecule has 0 atom stereocenters. The number of carboxylic acid groups (broad SMARTS) is 1. The van der Waals surface area contributed by atoms with Gasteiger partial charge in [-0.2, -0.15) is 0 Å². The van der Waals surface area contributed by atoms with Crippen molar-refractivity contribution in [2.24, 2.45) is 0 Å². The van der Waals surface area contributed by atoms with Gasteiger partial charge in [0.15, 0.2) is 0 Å². The molecule has 1 aromatic carbocycles. The number of fused-ring (bicyclic) bond motifs is 1. The molecule has 0 fully saturated rings. The van der Waals surface area contributed by atoms with Crippen LogP contribution in [0.1, 0.15) is 10.4 Å². The number of carboxylic acids is 1. The van der Waals surface area contributed by atoms with Crippen LogP contribution in [0, 0.1) is 0 Å². The fourth-order valence-corrected chi connectivity index (χ4v) is 2.00. The third kappa shape index (κ3) is 2.04. The van der Waals surface area contributed by atoms with Crippen LogP contribution in [-0.4, -0.2) is 21.0 Å². The minimum atomic E-state index is -0.931. The molecule has 4 heteroatoms. The average molecular weight is 250 g/mol. The van der Waals surface area contributed by atoms with E-state index in [4.69, 9.17) is 5.11 Å². The predicted molar refractivity (Wildman–Crippen MR) is 71.9 cm³/mol. The van der Waals surface area contributed by atoms with Gasteiger partial charge in [-0.05, 0) is 30.3 Å². The van der Waals surface area contributed by atoms with Crippen LogP contribution in [-0.2, 0) is 0 Å². The van der Waals surface area contributed by atoms with Gasteiger partial charge in [0, 0.05) is 23.3 Å². The van der Waals surface area contributed by atoms with Crippen molar-refractivity contribution in [1.82, 2.24) is 9.97 Å². The average Bonchev–Trinajstić information content (AvgIpc) is 2.47. The molecule has 0 saturated carbocycles. The third-order valence-electron chi connectivity index (χ3n) is 2.93. The lowest BCUT2D eigenvalue weighted by atomic mass is 10.1. The summed E-state index contributed by atoms with van der Waals surface area (Å²) in [5.41, 5.74) is 2.82.